The fourth-order valence-electron chi connectivity index (χ4n) is 1.74. The van der Waals surface area contributed by atoms with E-state index in [1.54, 1.807) is 12.4 Å². The molecule has 0 spiro atoms. The second kappa shape index (κ2) is 4.82. The number of aromatic nitrogens is 3. The molecule has 0 saturated carbocycles. The normalized spacial score (nSPS) is 10.6. The quantitative estimate of drug-likeness (QED) is 0.712. The Morgan fingerprint density at radius 1 is 1.21 bits per heavy atom. The Hall–Kier alpha value is -2.20. The Bertz CT molecular complexity index is 710. The zero-order chi connectivity index (χ0) is 13.2. The number of hydrogen-bond donors (Lipinski definition) is 0. The van der Waals surface area contributed by atoms with Gasteiger partial charge in [-0.25, -0.2) is 0 Å². The summed E-state index contributed by atoms with van der Waals surface area (Å²) in [6.45, 7) is 1.98. The molecular weight excluding hydrogens is 262 g/mol. The van der Waals surface area contributed by atoms with Crippen molar-refractivity contribution in [3.63, 3.8) is 0 Å². The first-order valence-electron chi connectivity index (χ1n) is 5.74. The summed E-state index contributed by atoms with van der Waals surface area (Å²) in [4.78, 5) is 8.36. The van der Waals surface area contributed by atoms with Crippen LogP contribution < -0.4 is 0 Å². The van der Waals surface area contributed by atoms with Crippen LogP contribution in [-0.4, -0.2) is 15.1 Å². The van der Waals surface area contributed by atoms with Crippen LogP contribution in [0.25, 0.3) is 22.8 Å². The Kier molecular flexibility index (Phi) is 3.01. The summed E-state index contributed by atoms with van der Waals surface area (Å²) in [7, 11) is 0. The van der Waals surface area contributed by atoms with Gasteiger partial charge in [-0.05, 0) is 36.8 Å². The molecule has 94 valence electrons. The predicted octanol–water partition coefficient (Wildman–Crippen LogP) is 3.76. The number of benzene rings is 1. The van der Waals surface area contributed by atoms with Crippen molar-refractivity contribution in [1.82, 2.24) is 15.1 Å². The number of halogens is 1. The smallest absolute Gasteiger partial charge is 0.259 e. The van der Waals surface area contributed by atoms with Crippen LogP contribution in [0, 0.1) is 6.92 Å². The Balaban J connectivity index is 2.02. The average Bonchev–Trinajstić information content (AvgIpc) is 2.89. The lowest BCUT2D eigenvalue weighted by Gasteiger charge is -1.99. The lowest BCUT2D eigenvalue weighted by molar-refractivity contribution is 0.432. The molecule has 0 bridgehead atoms. The first kappa shape index (κ1) is 11.9. The lowest BCUT2D eigenvalue weighted by atomic mass is 10.1. The average molecular weight is 272 g/mol. The molecule has 0 N–H and O–H groups in total. The SMILES string of the molecule is Cc1ccc(-c2nc(-c3cccnc3)no2)c(Cl)c1. The highest BCUT2D eigenvalue weighted by Crippen LogP contribution is 2.28. The van der Waals surface area contributed by atoms with Gasteiger partial charge in [-0.1, -0.05) is 22.8 Å². The van der Waals surface area contributed by atoms with Gasteiger partial charge >= 0.3 is 0 Å². The van der Waals surface area contributed by atoms with Gasteiger partial charge in [0.1, 0.15) is 0 Å². The van der Waals surface area contributed by atoms with E-state index in [1.165, 1.54) is 0 Å². The van der Waals surface area contributed by atoms with E-state index in [1.807, 2.05) is 37.3 Å². The van der Waals surface area contributed by atoms with Gasteiger partial charge in [0, 0.05) is 18.0 Å². The predicted molar refractivity (Wildman–Crippen MR) is 72.7 cm³/mol. The maximum absolute atomic E-state index is 6.18. The van der Waals surface area contributed by atoms with Crippen molar-refractivity contribution in [3.8, 4) is 22.8 Å². The van der Waals surface area contributed by atoms with E-state index in [0.29, 0.717) is 16.7 Å². The van der Waals surface area contributed by atoms with E-state index in [4.69, 9.17) is 16.1 Å². The second-order valence-corrected chi connectivity index (χ2v) is 4.56. The van der Waals surface area contributed by atoms with Gasteiger partial charge in [-0.3, -0.25) is 4.98 Å². The van der Waals surface area contributed by atoms with E-state index in [-0.39, 0.29) is 0 Å². The molecule has 19 heavy (non-hydrogen) atoms. The third-order valence-electron chi connectivity index (χ3n) is 2.70. The third kappa shape index (κ3) is 2.35. The Labute approximate surface area is 115 Å². The molecule has 0 atom stereocenters. The highest BCUT2D eigenvalue weighted by Gasteiger charge is 2.13. The van der Waals surface area contributed by atoms with Gasteiger partial charge in [-0.2, -0.15) is 4.98 Å². The number of hydrogen-bond acceptors (Lipinski definition) is 4. The van der Waals surface area contributed by atoms with Crippen LogP contribution in [0.1, 0.15) is 5.56 Å². The maximum atomic E-state index is 6.18. The van der Waals surface area contributed by atoms with Crippen molar-refractivity contribution in [2.75, 3.05) is 0 Å². The van der Waals surface area contributed by atoms with Gasteiger partial charge < -0.3 is 4.52 Å². The van der Waals surface area contributed by atoms with Gasteiger partial charge in [0.05, 0.1) is 10.6 Å². The van der Waals surface area contributed by atoms with Crippen molar-refractivity contribution >= 4 is 11.6 Å². The van der Waals surface area contributed by atoms with Crippen molar-refractivity contribution in [1.29, 1.82) is 0 Å². The van der Waals surface area contributed by atoms with Crippen molar-refractivity contribution in [3.05, 3.63) is 53.3 Å². The molecule has 0 fully saturated rings. The first-order chi connectivity index (χ1) is 9.24. The zero-order valence-electron chi connectivity index (χ0n) is 10.2. The third-order valence-corrected chi connectivity index (χ3v) is 3.01. The van der Waals surface area contributed by atoms with Gasteiger partial charge in [0.15, 0.2) is 0 Å². The molecule has 0 aliphatic carbocycles. The van der Waals surface area contributed by atoms with E-state index < -0.39 is 0 Å². The lowest BCUT2D eigenvalue weighted by Crippen LogP contribution is -1.83. The highest BCUT2D eigenvalue weighted by atomic mass is 35.5. The molecule has 2 heterocycles. The standard InChI is InChI=1S/C14H10ClN3O/c1-9-4-5-11(12(15)7-9)14-17-13(18-19-14)10-3-2-6-16-8-10/h2-8H,1H3. The van der Waals surface area contributed by atoms with Gasteiger partial charge in [-0.15, -0.1) is 0 Å². The van der Waals surface area contributed by atoms with Crippen LogP contribution >= 0.6 is 11.6 Å². The number of aryl methyl sites for hydroxylation is 1. The van der Waals surface area contributed by atoms with Crippen LogP contribution in [0.4, 0.5) is 0 Å². The molecule has 0 amide bonds. The Morgan fingerprint density at radius 2 is 2.11 bits per heavy atom. The number of rotatable bonds is 2. The molecule has 0 aliphatic rings. The molecule has 3 rings (SSSR count). The summed E-state index contributed by atoms with van der Waals surface area (Å²) in [6, 6.07) is 9.39. The fourth-order valence-corrected chi connectivity index (χ4v) is 2.05. The summed E-state index contributed by atoms with van der Waals surface area (Å²) in [6.07, 6.45) is 3.38. The number of pyridine rings is 1. The molecule has 0 unspecified atom stereocenters. The minimum Gasteiger partial charge on any atom is -0.334 e. The van der Waals surface area contributed by atoms with E-state index in [0.717, 1.165) is 16.7 Å². The van der Waals surface area contributed by atoms with E-state index in [9.17, 15) is 0 Å². The summed E-state index contributed by atoms with van der Waals surface area (Å²) in [5.41, 5.74) is 2.62. The molecule has 4 nitrogen and oxygen atoms in total. The molecule has 0 radical (unpaired) electrons. The zero-order valence-corrected chi connectivity index (χ0v) is 10.9. The molecule has 0 aliphatic heterocycles. The minimum absolute atomic E-state index is 0.406. The second-order valence-electron chi connectivity index (χ2n) is 4.15. The largest absolute Gasteiger partial charge is 0.334 e. The number of nitrogens with zero attached hydrogens (tertiary/aromatic N) is 3. The van der Waals surface area contributed by atoms with Crippen LogP contribution in [-0.2, 0) is 0 Å². The molecule has 3 aromatic rings. The Morgan fingerprint density at radius 3 is 2.84 bits per heavy atom. The fraction of sp³-hybridized carbons (Fsp3) is 0.0714. The molecular formula is C14H10ClN3O. The van der Waals surface area contributed by atoms with Crippen molar-refractivity contribution < 1.29 is 4.52 Å². The topological polar surface area (TPSA) is 51.8 Å². The molecule has 1 aromatic carbocycles. The highest BCUT2D eigenvalue weighted by molar-refractivity contribution is 6.33. The van der Waals surface area contributed by atoms with Gasteiger partial charge in [0.2, 0.25) is 5.82 Å². The van der Waals surface area contributed by atoms with E-state index in [2.05, 4.69) is 15.1 Å². The van der Waals surface area contributed by atoms with Crippen LogP contribution in [0.2, 0.25) is 5.02 Å². The first-order valence-corrected chi connectivity index (χ1v) is 6.12. The summed E-state index contributed by atoms with van der Waals surface area (Å²) in [5, 5.41) is 4.54. The monoisotopic (exact) mass is 271 g/mol. The molecule has 5 heteroatoms. The summed E-state index contributed by atoms with van der Waals surface area (Å²) >= 11 is 6.18. The van der Waals surface area contributed by atoms with Crippen molar-refractivity contribution in [2.24, 2.45) is 0 Å². The minimum atomic E-state index is 0.406. The summed E-state index contributed by atoms with van der Waals surface area (Å²) < 4.78 is 5.25. The van der Waals surface area contributed by atoms with Crippen molar-refractivity contribution in [2.45, 2.75) is 6.92 Å². The van der Waals surface area contributed by atoms with E-state index >= 15 is 0 Å². The van der Waals surface area contributed by atoms with Crippen LogP contribution in [0.15, 0.2) is 47.2 Å². The van der Waals surface area contributed by atoms with Gasteiger partial charge in [0.25, 0.3) is 5.89 Å². The van der Waals surface area contributed by atoms with Crippen LogP contribution in [0.3, 0.4) is 0 Å². The summed E-state index contributed by atoms with van der Waals surface area (Å²) in [5.74, 6) is 0.906. The maximum Gasteiger partial charge on any atom is 0.259 e. The molecule has 0 saturated heterocycles. The molecule has 2 aromatic heterocycles. The van der Waals surface area contributed by atoms with Crippen LogP contribution in [0.5, 0.6) is 0 Å².